The summed E-state index contributed by atoms with van der Waals surface area (Å²) >= 11 is 11.9. The molecule has 0 saturated heterocycles. The molecule has 3 heteroatoms. The van der Waals surface area contributed by atoms with Crippen LogP contribution in [0.3, 0.4) is 0 Å². The van der Waals surface area contributed by atoms with E-state index in [2.05, 4.69) is 26.1 Å². The normalized spacial score (nSPS) is 15.0. The van der Waals surface area contributed by atoms with Crippen LogP contribution in [0.5, 0.6) is 0 Å². The molecular weight excluding hydrogens is 229 g/mol. The summed E-state index contributed by atoms with van der Waals surface area (Å²) in [4.78, 5) is 0. The molecule has 0 aliphatic heterocycles. The smallest absolute Gasteiger partial charge is 0.0595 e. The molecule has 1 N–H and O–H groups in total. The van der Waals surface area contributed by atoms with Gasteiger partial charge in [-0.05, 0) is 37.1 Å². The fraction of sp³-hybridized carbons (Fsp3) is 0.500. The Balaban J connectivity index is 2.81. The van der Waals surface area contributed by atoms with Crippen LogP contribution in [-0.4, -0.2) is 12.6 Å². The predicted octanol–water partition coefficient (Wildman–Crippen LogP) is 4.09. The average Bonchev–Trinajstić information content (AvgIpc) is 2.21. The molecule has 2 unspecified atom stereocenters. The summed E-state index contributed by atoms with van der Waals surface area (Å²) in [5.74, 6) is 0.430. The molecule has 15 heavy (non-hydrogen) atoms. The van der Waals surface area contributed by atoms with E-state index in [1.165, 1.54) is 5.56 Å². The Morgan fingerprint density at radius 2 is 1.87 bits per heavy atom. The van der Waals surface area contributed by atoms with Crippen LogP contribution in [-0.2, 0) is 0 Å². The van der Waals surface area contributed by atoms with Crippen molar-refractivity contribution in [1.82, 2.24) is 5.32 Å². The van der Waals surface area contributed by atoms with Crippen molar-refractivity contribution in [3.05, 3.63) is 33.8 Å². The van der Waals surface area contributed by atoms with E-state index in [1.807, 2.05) is 18.2 Å². The highest BCUT2D eigenvalue weighted by Crippen LogP contribution is 2.27. The van der Waals surface area contributed by atoms with Crippen molar-refractivity contribution in [2.24, 2.45) is 0 Å². The van der Waals surface area contributed by atoms with Gasteiger partial charge in [-0.2, -0.15) is 0 Å². The molecule has 0 radical (unpaired) electrons. The molecule has 0 aromatic heterocycles. The van der Waals surface area contributed by atoms with E-state index in [4.69, 9.17) is 23.2 Å². The van der Waals surface area contributed by atoms with E-state index < -0.39 is 0 Å². The minimum Gasteiger partial charge on any atom is -0.314 e. The molecule has 0 spiro atoms. The lowest BCUT2D eigenvalue weighted by molar-refractivity contribution is 0.495. The zero-order valence-electron chi connectivity index (χ0n) is 9.35. The van der Waals surface area contributed by atoms with Crippen LogP contribution in [0, 0.1) is 0 Å². The van der Waals surface area contributed by atoms with Crippen LogP contribution >= 0.6 is 23.2 Å². The maximum atomic E-state index is 5.99. The lowest BCUT2D eigenvalue weighted by Crippen LogP contribution is -2.30. The molecule has 0 saturated carbocycles. The number of rotatable bonds is 4. The summed E-state index contributed by atoms with van der Waals surface area (Å²) in [6.07, 6.45) is 0. The Labute approximate surface area is 102 Å². The fourth-order valence-corrected chi connectivity index (χ4v) is 1.89. The Hall–Kier alpha value is -0.240. The van der Waals surface area contributed by atoms with Gasteiger partial charge in [-0.25, -0.2) is 0 Å². The van der Waals surface area contributed by atoms with Crippen molar-refractivity contribution in [3.63, 3.8) is 0 Å². The van der Waals surface area contributed by atoms with E-state index in [0.717, 1.165) is 6.54 Å². The lowest BCUT2D eigenvalue weighted by Gasteiger charge is -2.21. The lowest BCUT2D eigenvalue weighted by atomic mass is 9.94. The number of likely N-dealkylation sites (N-methyl/N-ethyl adjacent to an activating group) is 1. The van der Waals surface area contributed by atoms with Crippen LogP contribution in [0.4, 0.5) is 0 Å². The van der Waals surface area contributed by atoms with Crippen LogP contribution < -0.4 is 5.32 Å². The third-order valence-electron chi connectivity index (χ3n) is 2.75. The Morgan fingerprint density at radius 1 is 1.20 bits per heavy atom. The zero-order valence-corrected chi connectivity index (χ0v) is 10.9. The van der Waals surface area contributed by atoms with E-state index in [0.29, 0.717) is 22.0 Å². The first-order valence-electron chi connectivity index (χ1n) is 5.24. The summed E-state index contributed by atoms with van der Waals surface area (Å²) in [6.45, 7) is 7.45. The van der Waals surface area contributed by atoms with Gasteiger partial charge in [-0.1, -0.05) is 43.1 Å². The molecular formula is C12H17Cl2N. The van der Waals surface area contributed by atoms with Crippen molar-refractivity contribution in [2.75, 3.05) is 6.54 Å². The second-order valence-electron chi connectivity index (χ2n) is 3.81. The maximum Gasteiger partial charge on any atom is 0.0595 e. The number of nitrogens with one attached hydrogen (secondary N) is 1. The fourth-order valence-electron chi connectivity index (χ4n) is 1.58. The van der Waals surface area contributed by atoms with Gasteiger partial charge in [0.15, 0.2) is 0 Å². The highest BCUT2D eigenvalue weighted by molar-refractivity contribution is 6.42. The summed E-state index contributed by atoms with van der Waals surface area (Å²) in [6, 6.07) is 6.27. The summed E-state index contributed by atoms with van der Waals surface area (Å²) in [5.41, 5.74) is 1.22. The molecule has 1 aromatic carbocycles. The molecule has 1 aromatic rings. The topological polar surface area (TPSA) is 12.0 Å². The molecule has 0 bridgehead atoms. The molecule has 0 amide bonds. The van der Waals surface area contributed by atoms with Crippen molar-refractivity contribution >= 4 is 23.2 Å². The number of benzene rings is 1. The number of hydrogen-bond acceptors (Lipinski definition) is 1. The summed E-state index contributed by atoms with van der Waals surface area (Å²) < 4.78 is 0. The highest BCUT2D eigenvalue weighted by atomic mass is 35.5. The van der Waals surface area contributed by atoms with E-state index >= 15 is 0 Å². The van der Waals surface area contributed by atoms with Crippen molar-refractivity contribution in [2.45, 2.75) is 32.7 Å². The highest BCUT2D eigenvalue weighted by Gasteiger charge is 2.13. The number of halogens is 2. The molecule has 0 heterocycles. The van der Waals surface area contributed by atoms with Crippen molar-refractivity contribution < 1.29 is 0 Å². The van der Waals surface area contributed by atoms with Gasteiger partial charge in [0.2, 0.25) is 0 Å². The minimum atomic E-state index is 0.430. The molecule has 0 aliphatic carbocycles. The second-order valence-corrected chi connectivity index (χ2v) is 4.62. The quantitative estimate of drug-likeness (QED) is 0.843. The molecule has 1 rings (SSSR count). The predicted molar refractivity (Wildman–Crippen MR) is 68.0 cm³/mol. The summed E-state index contributed by atoms with van der Waals surface area (Å²) in [7, 11) is 0. The van der Waals surface area contributed by atoms with Gasteiger partial charge in [-0.3, -0.25) is 0 Å². The Kier molecular flexibility index (Phi) is 4.91. The molecule has 0 fully saturated rings. The second kappa shape index (κ2) is 5.74. The first-order valence-corrected chi connectivity index (χ1v) is 6.00. The van der Waals surface area contributed by atoms with Gasteiger partial charge < -0.3 is 5.32 Å². The molecule has 0 aliphatic rings. The van der Waals surface area contributed by atoms with Gasteiger partial charge in [0.25, 0.3) is 0 Å². The van der Waals surface area contributed by atoms with Gasteiger partial charge in [0.05, 0.1) is 10.0 Å². The van der Waals surface area contributed by atoms with Crippen molar-refractivity contribution in [1.29, 1.82) is 0 Å². The van der Waals surface area contributed by atoms with Gasteiger partial charge in [0.1, 0.15) is 0 Å². The molecule has 2 atom stereocenters. The largest absolute Gasteiger partial charge is 0.314 e. The monoisotopic (exact) mass is 245 g/mol. The molecule has 1 nitrogen and oxygen atoms in total. The Bertz CT molecular complexity index is 325. The van der Waals surface area contributed by atoms with Crippen molar-refractivity contribution in [3.8, 4) is 0 Å². The number of hydrogen-bond donors (Lipinski definition) is 1. The first-order chi connectivity index (χ1) is 7.06. The van der Waals surface area contributed by atoms with E-state index in [-0.39, 0.29) is 0 Å². The third-order valence-corrected chi connectivity index (χ3v) is 3.48. The van der Waals surface area contributed by atoms with Gasteiger partial charge in [0, 0.05) is 6.04 Å². The first kappa shape index (κ1) is 12.8. The third kappa shape index (κ3) is 3.37. The van der Waals surface area contributed by atoms with Crippen LogP contribution in [0.1, 0.15) is 32.3 Å². The maximum absolute atomic E-state index is 5.99. The standard InChI is InChI=1S/C12H17Cl2N/c1-4-15-9(3)8(2)10-5-6-11(13)12(14)7-10/h5-9,15H,4H2,1-3H3. The molecule has 84 valence electrons. The van der Waals surface area contributed by atoms with Gasteiger partial charge in [-0.15, -0.1) is 0 Å². The summed E-state index contributed by atoms with van der Waals surface area (Å²) in [5, 5.41) is 4.65. The van der Waals surface area contributed by atoms with E-state index in [1.54, 1.807) is 0 Å². The SMILES string of the molecule is CCNC(C)C(C)c1ccc(Cl)c(Cl)c1. The van der Waals surface area contributed by atoms with Crippen LogP contribution in [0.2, 0.25) is 10.0 Å². The minimum absolute atomic E-state index is 0.430. The van der Waals surface area contributed by atoms with Crippen LogP contribution in [0.25, 0.3) is 0 Å². The average molecular weight is 246 g/mol. The van der Waals surface area contributed by atoms with Crippen LogP contribution in [0.15, 0.2) is 18.2 Å². The van der Waals surface area contributed by atoms with E-state index in [9.17, 15) is 0 Å². The van der Waals surface area contributed by atoms with Gasteiger partial charge >= 0.3 is 0 Å². The Morgan fingerprint density at radius 3 is 2.40 bits per heavy atom. The zero-order chi connectivity index (χ0) is 11.4.